The minimum absolute atomic E-state index is 0.0862. The molecule has 0 aliphatic carbocycles. The summed E-state index contributed by atoms with van der Waals surface area (Å²) in [6.07, 6.45) is 0.629. The van der Waals surface area contributed by atoms with Crippen molar-refractivity contribution < 1.29 is 9.18 Å². The molecule has 0 N–H and O–H groups in total. The number of benzene rings is 3. The molecule has 0 saturated heterocycles. The summed E-state index contributed by atoms with van der Waals surface area (Å²) in [5, 5.41) is 0. The molecule has 0 radical (unpaired) electrons. The molecule has 0 spiro atoms. The summed E-state index contributed by atoms with van der Waals surface area (Å²) >= 11 is 0. The third kappa shape index (κ3) is 4.13. The van der Waals surface area contributed by atoms with Gasteiger partial charge >= 0.3 is 0 Å². The molecular formula is C21H17FO. The molecule has 3 rings (SSSR count). The summed E-state index contributed by atoms with van der Waals surface area (Å²) in [5.74, 6) is -0.217. The Kier molecular flexibility index (Phi) is 4.62. The van der Waals surface area contributed by atoms with Crippen LogP contribution in [0.3, 0.4) is 0 Å². The van der Waals surface area contributed by atoms with Gasteiger partial charge in [-0.15, -0.1) is 0 Å². The third-order valence-corrected chi connectivity index (χ3v) is 3.75. The fraction of sp³-hybridized carbons (Fsp3) is 0.0952. The maximum atomic E-state index is 13.1. The van der Waals surface area contributed by atoms with Crippen LogP contribution in [0.1, 0.15) is 11.1 Å². The zero-order valence-corrected chi connectivity index (χ0v) is 12.7. The molecular weight excluding hydrogens is 287 g/mol. The van der Waals surface area contributed by atoms with E-state index in [0.29, 0.717) is 6.42 Å². The Balaban J connectivity index is 1.65. The summed E-state index contributed by atoms with van der Waals surface area (Å²) in [6.45, 7) is 0. The second kappa shape index (κ2) is 7.01. The SMILES string of the molecule is O=C(Cc1ccc(-c2ccccc2)cc1)Cc1cccc(F)c1. The number of Topliss-reactive ketones (excluding diaryl/α,β-unsaturated/α-hetero) is 1. The van der Waals surface area contributed by atoms with Crippen LogP contribution in [0.25, 0.3) is 11.1 Å². The molecule has 114 valence electrons. The summed E-state index contributed by atoms with van der Waals surface area (Å²) < 4.78 is 13.1. The van der Waals surface area contributed by atoms with Crippen molar-refractivity contribution in [3.63, 3.8) is 0 Å². The first-order valence-corrected chi connectivity index (χ1v) is 7.61. The van der Waals surface area contributed by atoms with Gasteiger partial charge in [0.1, 0.15) is 11.6 Å². The van der Waals surface area contributed by atoms with E-state index < -0.39 is 0 Å². The highest BCUT2D eigenvalue weighted by atomic mass is 19.1. The second-order valence-electron chi connectivity index (χ2n) is 5.59. The number of rotatable bonds is 5. The van der Waals surface area contributed by atoms with Crippen LogP contribution in [0, 0.1) is 5.82 Å². The molecule has 1 nitrogen and oxygen atoms in total. The van der Waals surface area contributed by atoms with Crippen molar-refractivity contribution in [3.05, 3.63) is 95.8 Å². The summed E-state index contributed by atoms with van der Waals surface area (Å²) in [6, 6.07) is 24.3. The van der Waals surface area contributed by atoms with E-state index >= 15 is 0 Å². The Morgan fingerprint density at radius 2 is 1.35 bits per heavy atom. The van der Waals surface area contributed by atoms with E-state index in [4.69, 9.17) is 0 Å². The highest BCUT2D eigenvalue weighted by Gasteiger charge is 2.06. The Morgan fingerprint density at radius 3 is 2.04 bits per heavy atom. The Labute approximate surface area is 135 Å². The summed E-state index contributed by atoms with van der Waals surface area (Å²) in [5.41, 5.74) is 3.99. The molecule has 2 heteroatoms. The molecule has 0 saturated carbocycles. The smallest absolute Gasteiger partial charge is 0.141 e. The van der Waals surface area contributed by atoms with Crippen molar-refractivity contribution in [2.45, 2.75) is 12.8 Å². The van der Waals surface area contributed by atoms with Gasteiger partial charge in [-0.2, -0.15) is 0 Å². The van der Waals surface area contributed by atoms with Crippen LogP contribution >= 0.6 is 0 Å². The van der Waals surface area contributed by atoms with Gasteiger partial charge in [0.15, 0.2) is 0 Å². The largest absolute Gasteiger partial charge is 0.299 e. The fourth-order valence-electron chi connectivity index (χ4n) is 2.61. The minimum Gasteiger partial charge on any atom is -0.299 e. The van der Waals surface area contributed by atoms with Gasteiger partial charge < -0.3 is 0 Å². The van der Waals surface area contributed by atoms with E-state index in [0.717, 1.165) is 22.3 Å². The van der Waals surface area contributed by atoms with Gasteiger partial charge in [0.25, 0.3) is 0 Å². The Morgan fingerprint density at radius 1 is 0.696 bits per heavy atom. The van der Waals surface area contributed by atoms with Gasteiger partial charge in [0, 0.05) is 12.8 Å². The van der Waals surface area contributed by atoms with Crippen molar-refractivity contribution in [2.24, 2.45) is 0 Å². The lowest BCUT2D eigenvalue weighted by atomic mass is 9.99. The van der Waals surface area contributed by atoms with E-state index in [1.807, 2.05) is 42.5 Å². The number of halogens is 1. The molecule has 23 heavy (non-hydrogen) atoms. The first kappa shape index (κ1) is 15.2. The highest BCUT2D eigenvalue weighted by Crippen LogP contribution is 2.19. The number of ketones is 1. The molecule has 3 aromatic carbocycles. The molecule has 0 aliphatic heterocycles. The molecule has 3 aromatic rings. The van der Waals surface area contributed by atoms with Crippen LogP contribution < -0.4 is 0 Å². The van der Waals surface area contributed by atoms with Gasteiger partial charge in [0.2, 0.25) is 0 Å². The van der Waals surface area contributed by atoms with Crippen LogP contribution in [0.4, 0.5) is 4.39 Å². The molecule has 0 aliphatic rings. The molecule has 0 atom stereocenters. The Hall–Kier alpha value is -2.74. The van der Waals surface area contributed by atoms with E-state index in [2.05, 4.69) is 12.1 Å². The standard InChI is InChI=1S/C21H17FO/c22-20-8-4-5-17(13-20)15-21(23)14-16-9-11-19(12-10-16)18-6-2-1-3-7-18/h1-13H,14-15H2. The van der Waals surface area contributed by atoms with Gasteiger partial charge in [-0.05, 0) is 34.4 Å². The van der Waals surface area contributed by atoms with Gasteiger partial charge in [-0.25, -0.2) is 4.39 Å². The topological polar surface area (TPSA) is 17.1 Å². The van der Waals surface area contributed by atoms with Crippen molar-refractivity contribution >= 4 is 5.78 Å². The number of carbonyl (C=O) groups excluding carboxylic acids is 1. The van der Waals surface area contributed by atoms with Crippen LogP contribution in [0.15, 0.2) is 78.9 Å². The zero-order valence-electron chi connectivity index (χ0n) is 12.7. The predicted molar refractivity (Wildman–Crippen MR) is 90.7 cm³/mol. The maximum Gasteiger partial charge on any atom is 0.141 e. The quantitative estimate of drug-likeness (QED) is 0.658. The average molecular weight is 304 g/mol. The summed E-state index contributed by atoms with van der Waals surface area (Å²) in [4.78, 5) is 12.1. The van der Waals surface area contributed by atoms with E-state index in [-0.39, 0.29) is 18.0 Å². The fourth-order valence-corrected chi connectivity index (χ4v) is 2.61. The van der Waals surface area contributed by atoms with Crippen molar-refractivity contribution in [3.8, 4) is 11.1 Å². The molecule has 0 unspecified atom stereocenters. The highest BCUT2D eigenvalue weighted by molar-refractivity contribution is 5.83. The third-order valence-electron chi connectivity index (χ3n) is 3.75. The van der Waals surface area contributed by atoms with Crippen LogP contribution in [-0.2, 0) is 17.6 Å². The second-order valence-corrected chi connectivity index (χ2v) is 5.59. The molecule has 0 heterocycles. The number of carbonyl (C=O) groups is 1. The lowest BCUT2D eigenvalue weighted by molar-refractivity contribution is -0.117. The van der Waals surface area contributed by atoms with Crippen molar-refractivity contribution in [2.75, 3.05) is 0 Å². The first-order chi connectivity index (χ1) is 11.2. The lowest BCUT2D eigenvalue weighted by Gasteiger charge is -2.05. The maximum absolute atomic E-state index is 13.1. The van der Waals surface area contributed by atoms with Gasteiger partial charge in [-0.3, -0.25) is 4.79 Å². The summed E-state index contributed by atoms with van der Waals surface area (Å²) in [7, 11) is 0. The van der Waals surface area contributed by atoms with E-state index in [1.54, 1.807) is 12.1 Å². The van der Waals surface area contributed by atoms with Crippen molar-refractivity contribution in [1.29, 1.82) is 0 Å². The van der Waals surface area contributed by atoms with Gasteiger partial charge in [0.05, 0.1) is 0 Å². The first-order valence-electron chi connectivity index (χ1n) is 7.61. The normalized spacial score (nSPS) is 10.5. The minimum atomic E-state index is -0.303. The molecule has 0 fully saturated rings. The lowest BCUT2D eigenvalue weighted by Crippen LogP contribution is -2.06. The van der Waals surface area contributed by atoms with Gasteiger partial charge in [-0.1, -0.05) is 66.7 Å². The van der Waals surface area contributed by atoms with E-state index in [1.165, 1.54) is 12.1 Å². The molecule has 0 amide bonds. The Bertz CT molecular complexity index is 792. The monoisotopic (exact) mass is 304 g/mol. The molecule has 0 aromatic heterocycles. The van der Waals surface area contributed by atoms with Crippen LogP contribution in [0.5, 0.6) is 0 Å². The number of hydrogen-bond acceptors (Lipinski definition) is 1. The zero-order chi connectivity index (χ0) is 16.1. The van der Waals surface area contributed by atoms with Crippen LogP contribution in [-0.4, -0.2) is 5.78 Å². The number of hydrogen-bond donors (Lipinski definition) is 0. The predicted octanol–water partition coefficient (Wildman–Crippen LogP) is 4.85. The van der Waals surface area contributed by atoms with Crippen molar-refractivity contribution in [1.82, 2.24) is 0 Å². The van der Waals surface area contributed by atoms with E-state index in [9.17, 15) is 9.18 Å². The van der Waals surface area contributed by atoms with Crippen LogP contribution in [0.2, 0.25) is 0 Å². The average Bonchev–Trinajstić information content (AvgIpc) is 2.56. The molecule has 0 bridgehead atoms.